The monoisotopic (exact) mass is 445 g/mol. The molecule has 138 valence electrons. The number of anilines is 2. The van der Waals surface area contributed by atoms with Crippen LogP contribution in [-0.2, 0) is 4.79 Å². The van der Waals surface area contributed by atoms with Crippen LogP contribution in [0.5, 0.6) is 5.75 Å². The van der Waals surface area contributed by atoms with Crippen molar-refractivity contribution in [2.75, 3.05) is 17.7 Å². The van der Waals surface area contributed by atoms with Gasteiger partial charge in [-0.05, 0) is 46.3 Å². The molecule has 0 aliphatic heterocycles. The maximum absolute atomic E-state index is 12.5. The van der Waals surface area contributed by atoms with Crippen molar-refractivity contribution in [2.45, 2.75) is 6.92 Å². The van der Waals surface area contributed by atoms with Crippen molar-refractivity contribution in [1.82, 2.24) is 4.98 Å². The molecule has 0 bridgehead atoms. The molecule has 0 aliphatic rings. The predicted molar refractivity (Wildman–Crippen MR) is 111 cm³/mol. The maximum Gasteiger partial charge on any atom is 0.258 e. The summed E-state index contributed by atoms with van der Waals surface area (Å²) < 4.78 is 5.84. The first-order chi connectivity index (χ1) is 13.0. The summed E-state index contributed by atoms with van der Waals surface area (Å²) in [5, 5.41) is 7.88. The normalized spacial score (nSPS) is 10.3. The van der Waals surface area contributed by atoms with Gasteiger partial charge in [-0.25, -0.2) is 4.98 Å². The highest BCUT2D eigenvalue weighted by Gasteiger charge is 2.14. The van der Waals surface area contributed by atoms with Gasteiger partial charge in [-0.15, -0.1) is 11.3 Å². The SMILES string of the molecule is COc1ccc(Br)c(C(=O)Nc2nc(-c3ccc(NC(C)=O)cc3)cs2)c1. The number of carbonyl (C=O) groups is 2. The second kappa shape index (κ2) is 8.32. The van der Waals surface area contributed by atoms with E-state index >= 15 is 0 Å². The molecule has 0 unspecified atom stereocenters. The third kappa shape index (κ3) is 4.72. The lowest BCUT2D eigenvalue weighted by atomic mass is 10.1. The molecule has 1 heterocycles. The molecule has 0 aliphatic carbocycles. The Hall–Kier alpha value is -2.71. The van der Waals surface area contributed by atoms with Gasteiger partial charge in [-0.2, -0.15) is 0 Å². The first kappa shape index (κ1) is 19.1. The van der Waals surface area contributed by atoms with Gasteiger partial charge < -0.3 is 10.1 Å². The minimum absolute atomic E-state index is 0.120. The number of hydrogen-bond donors (Lipinski definition) is 2. The third-order valence-electron chi connectivity index (χ3n) is 3.64. The molecule has 2 N–H and O–H groups in total. The van der Waals surface area contributed by atoms with E-state index in [0.29, 0.717) is 20.9 Å². The Balaban J connectivity index is 1.74. The number of amides is 2. The van der Waals surface area contributed by atoms with Crippen LogP contribution in [0, 0.1) is 0 Å². The first-order valence-electron chi connectivity index (χ1n) is 7.94. The molecule has 0 fully saturated rings. The van der Waals surface area contributed by atoms with Crippen molar-refractivity contribution in [3.8, 4) is 17.0 Å². The van der Waals surface area contributed by atoms with Gasteiger partial charge >= 0.3 is 0 Å². The van der Waals surface area contributed by atoms with E-state index in [2.05, 4.69) is 31.5 Å². The Bertz CT molecular complexity index is 986. The molecule has 27 heavy (non-hydrogen) atoms. The fourth-order valence-electron chi connectivity index (χ4n) is 2.36. The van der Waals surface area contributed by atoms with Crippen molar-refractivity contribution < 1.29 is 14.3 Å². The van der Waals surface area contributed by atoms with E-state index in [-0.39, 0.29) is 11.8 Å². The van der Waals surface area contributed by atoms with E-state index in [0.717, 1.165) is 16.9 Å². The van der Waals surface area contributed by atoms with Crippen LogP contribution in [0.1, 0.15) is 17.3 Å². The lowest BCUT2D eigenvalue weighted by Gasteiger charge is -2.07. The molecular weight excluding hydrogens is 430 g/mol. The number of ether oxygens (including phenoxy) is 1. The number of hydrogen-bond acceptors (Lipinski definition) is 5. The fourth-order valence-corrected chi connectivity index (χ4v) is 3.50. The molecule has 8 heteroatoms. The zero-order valence-corrected chi connectivity index (χ0v) is 17.0. The molecule has 0 spiro atoms. The van der Waals surface area contributed by atoms with Crippen molar-refractivity contribution in [3.63, 3.8) is 0 Å². The van der Waals surface area contributed by atoms with Gasteiger partial charge in [0.1, 0.15) is 5.75 Å². The molecule has 6 nitrogen and oxygen atoms in total. The van der Waals surface area contributed by atoms with E-state index < -0.39 is 0 Å². The second-order valence-electron chi connectivity index (χ2n) is 5.60. The average molecular weight is 446 g/mol. The summed E-state index contributed by atoms with van der Waals surface area (Å²) >= 11 is 4.71. The molecule has 0 saturated heterocycles. The quantitative estimate of drug-likeness (QED) is 0.591. The molecule has 0 radical (unpaired) electrons. The minimum Gasteiger partial charge on any atom is -0.497 e. The highest BCUT2D eigenvalue weighted by atomic mass is 79.9. The van der Waals surface area contributed by atoms with Gasteiger partial charge in [0.05, 0.1) is 18.4 Å². The van der Waals surface area contributed by atoms with Gasteiger partial charge in [0.2, 0.25) is 5.91 Å². The Morgan fingerprint density at radius 3 is 2.52 bits per heavy atom. The minimum atomic E-state index is -0.275. The molecule has 3 rings (SSSR count). The van der Waals surface area contributed by atoms with Gasteiger partial charge in [0.25, 0.3) is 5.91 Å². The Morgan fingerprint density at radius 1 is 1.11 bits per heavy atom. The highest BCUT2D eigenvalue weighted by molar-refractivity contribution is 9.10. The first-order valence-corrected chi connectivity index (χ1v) is 9.62. The summed E-state index contributed by atoms with van der Waals surface area (Å²) in [5.74, 6) is 0.204. The average Bonchev–Trinajstić information content (AvgIpc) is 3.10. The van der Waals surface area contributed by atoms with Crippen LogP contribution >= 0.6 is 27.3 Å². The van der Waals surface area contributed by atoms with Crippen LogP contribution in [0.3, 0.4) is 0 Å². The summed E-state index contributed by atoms with van der Waals surface area (Å²) in [6.45, 7) is 1.46. The fraction of sp³-hybridized carbons (Fsp3) is 0.105. The van der Waals surface area contributed by atoms with E-state index in [1.165, 1.54) is 18.3 Å². The Kier molecular flexibility index (Phi) is 5.88. The Labute approximate surface area is 168 Å². The summed E-state index contributed by atoms with van der Waals surface area (Å²) in [6, 6.07) is 12.5. The summed E-state index contributed by atoms with van der Waals surface area (Å²) in [5.41, 5.74) is 2.82. The lowest BCUT2D eigenvalue weighted by Crippen LogP contribution is -2.12. The van der Waals surface area contributed by atoms with E-state index in [1.54, 1.807) is 25.3 Å². The number of thiazole rings is 1. The number of methoxy groups -OCH3 is 1. The molecular formula is C19H16BrN3O3S. The standard InChI is InChI=1S/C19H16BrN3O3S/c1-11(24)21-13-5-3-12(4-6-13)17-10-27-19(22-17)23-18(25)15-9-14(26-2)7-8-16(15)20/h3-10H,1-2H3,(H,21,24)(H,22,23,25). The largest absolute Gasteiger partial charge is 0.497 e. The summed E-state index contributed by atoms with van der Waals surface area (Å²) in [6.07, 6.45) is 0. The van der Waals surface area contributed by atoms with Crippen molar-refractivity contribution >= 4 is 49.9 Å². The molecule has 0 saturated carbocycles. The van der Waals surface area contributed by atoms with Crippen LogP contribution in [-0.4, -0.2) is 23.9 Å². The van der Waals surface area contributed by atoms with Crippen LogP contribution < -0.4 is 15.4 Å². The number of halogens is 1. The number of nitrogens with zero attached hydrogens (tertiary/aromatic N) is 1. The summed E-state index contributed by atoms with van der Waals surface area (Å²) in [7, 11) is 1.55. The van der Waals surface area contributed by atoms with Crippen LogP contribution in [0.15, 0.2) is 52.3 Å². The number of aromatic nitrogens is 1. The van der Waals surface area contributed by atoms with Crippen molar-refractivity contribution in [1.29, 1.82) is 0 Å². The van der Waals surface area contributed by atoms with Gasteiger partial charge in [-0.3, -0.25) is 14.9 Å². The van der Waals surface area contributed by atoms with Crippen molar-refractivity contribution in [3.05, 3.63) is 57.9 Å². The van der Waals surface area contributed by atoms with Crippen LogP contribution in [0.25, 0.3) is 11.3 Å². The molecule has 1 aromatic heterocycles. The van der Waals surface area contributed by atoms with Crippen LogP contribution in [0.4, 0.5) is 10.8 Å². The Morgan fingerprint density at radius 2 is 1.85 bits per heavy atom. The predicted octanol–water partition coefficient (Wildman–Crippen LogP) is 4.79. The van der Waals surface area contributed by atoms with Gasteiger partial charge in [0, 0.05) is 28.0 Å². The number of rotatable bonds is 5. The topological polar surface area (TPSA) is 80.3 Å². The zero-order chi connectivity index (χ0) is 19.4. The number of nitrogens with one attached hydrogen (secondary N) is 2. The maximum atomic E-state index is 12.5. The lowest BCUT2D eigenvalue weighted by molar-refractivity contribution is -0.114. The zero-order valence-electron chi connectivity index (χ0n) is 14.6. The van der Waals surface area contributed by atoms with Crippen molar-refractivity contribution in [2.24, 2.45) is 0 Å². The molecule has 0 atom stereocenters. The van der Waals surface area contributed by atoms with E-state index in [4.69, 9.17) is 4.74 Å². The van der Waals surface area contributed by atoms with Gasteiger partial charge in [0.15, 0.2) is 5.13 Å². The van der Waals surface area contributed by atoms with E-state index in [1.807, 2.05) is 29.6 Å². The molecule has 2 amide bonds. The number of carbonyl (C=O) groups excluding carboxylic acids is 2. The molecule has 3 aromatic rings. The summed E-state index contributed by atoms with van der Waals surface area (Å²) in [4.78, 5) is 28.1. The third-order valence-corrected chi connectivity index (χ3v) is 5.09. The van der Waals surface area contributed by atoms with Gasteiger partial charge in [-0.1, -0.05) is 12.1 Å². The van der Waals surface area contributed by atoms with E-state index in [9.17, 15) is 9.59 Å². The smallest absolute Gasteiger partial charge is 0.258 e. The second-order valence-corrected chi connectivity index (χ2v) is 7.31. The highest BCUT2D eigenvalue weighted by Crippen LogP contribution is 2.28. The van der Waals surface area contributed by atoms with Crippen LogP contribution in [0.2, 0.25) is 0 Å². The molecule has 2 aromatic carbocycles. The number of benzene rings is 2.